The second-order valence-corrected chi connectivity index (χ2v) is 7.47. The van der Waals surface area contributed by atoms with Crippen molar-refractivity contribution >= 4 is 46.9 Å². The Bertz CT molecular complexity index is 1100. The van der Waals surface area contributed by atoms with E-state index >= 15 is 0 Å². The number of hydrogen-bond donors (Lipinski definition) is 2. The van der Waals surface area contributed by atoms with Crippen LogP contribution in [0.2, 0.25) is 10.0 Å². The number of carbonyl (C=O) groups excluding carboxylic acids is 2. The number of nitrogens with one attached hydrogen (secondary N) is 2. The van der Waals surface area contributed by atoms with Crippen LogP contribution in [0.15, 0.2) is 71.8 Å². The number of benzene rings is 3. The Hall–Kier alpha value is -3.35. The lowest BCUT2D eigenvalue weighted by atomic mass is 10.2. The molecule has 2 N–H and O–H groups in total. The summed E-state index contributed by atoms with van der Waals surface area (Å²) in [4.78, 5) is 23.8. The van der Waals surface area contributed by atoms with Gasteiger partial charge in [-0.1, -0.05) is 53.0 Å². The van der Waals surface area contributed by atoms with Crippen molar-refractivity contribution in [3.8, 4) is 5.75 Å². The second-order valence-electron chi connectivity index (χ2n) is 6.62. The lowest BCUT2D eigenvalue weighted by molar-refractivity contribution is -0.136. The van der Waals surface area contributed by atoms with Gasteiger partial charge in [0.25, 0.3) is 0 Å². The van der Waals surface area contributed by atoms with Crippen molar-refractivity contribution in [1.29, 1.82) is 0 Å². The van der Waals surface area contributed by atoms with Crippen molar-refractivity contribution in [2.75, 3.05) is 5.32 Å². The highest BCUT2D eigenvalue weighted by Gasteiger charge is 2.12. The largest absolute Gasteiger partial charge is 0.487 e. The zero-order valence-corrected chi connectivity index (χ0v) is 18.1. The minimum absolute atomic E-state index is 0.344. The van der Waals surface area contributed by atoms with E-state index < -0.39 is 11.8 Å². The predicted octanol–water partition coefficient (Wildman–Crippen LogP) is 4.97. The summed E-state index contributed by atoms with van der Waals surface area (Å²) in [6, 6.07) is 19.5. The highest BCUT2D eigenvalue weighted by Crippen LogP contribution is 2.26. The molecule has 0 fully saturated rings. The zero-order chi connectivity index (χ0) is 22.2. The summed E-state index contributed by atoms with van der Waals surface area (Å²) in [6.07, 6.45) is 1.38. The predicted molar refractivity (Wildman–Crippen MR) is 123 cm³/mol. The maximum atomic E-state index is 11.9. The summed E-state index contributed by atoms with van der Waals surface area (Å²) in [5, 5.41) is 7.34. The maximum absolute atomic E-state index is 11.9. The standard InChI is InChI=1S/C23H19Cl2N3O3/c1-15-2-9-19(10-3-15)27-22(29)23(30)28-26-13-17-6-11-21(20(25)12-17)31-14-16-4-7-18(24)8-5-16/h2-13H,14H2,1H3,(H,27,29)(H,28,30)/b26-13-. The Balaban J connectivity index is 1.51. The first-order valence-electron chi connectivity index (χ1n) is 9.28. The number of ether oxygens (including phenoxy) is 1. The van der Waals surface area contributed by atoms with E-state index in [0.717, 1.165) is 11.1 Å². The quantitative estimate of drug-likeness (QED) is 0.312. The van der Waals surface area contributed by atoms with Gasteiger partial charge in [-0.25, -0.2) is 5.43 Å². The van der Waals surface area contributed by atoms with E-state index in [-0.39, 0.29) is 0 Å². The highest BCUT2D eigenvalue weighted by molar-refractivity contribution is 6.39. The molecule has 0 aliphatic carbocycles. The molecule has 0 aliphatic heterocycles. The number of hydrazone groups is 1. The number of hydrogen-bond acceptors (Lipinski definition) is 4. The molecular formula is C23H19Cl2N3O3. The van der Waals surface area contributed by atoms with E-state index in [2.05, 4.69) is 15.8 Å². The molecule has 31 heavy (non-hydrogen) atoms. The molecule has 0 saturated heterocycles. The van der Waals surface area contributed by atoms with E-state index in [1.807, 2.05) is 31.2 Å². The topological polar surface area (TPSA) is 79.8 Å². The molecule has 0 atom stereocenters. The molecule has 158 valence electrons. The maximum Gasteiger partial charge on any atom is 0.329 e. The van der Waals surface area contributed by atoms with Gasteiger partial charge in [0.15, 0.2) is 0 Å². The van der Waals surface area contributed by atoms with Crippen LogP contribution in [-0.4, -0.2) is 18.0 Å². The normalized spacial score (nSPS) is 10.7. The highest BCUT2D eigenvalue weighted by atomic mass is 35.5. The average Bonchev–Trinajstić information content (AvgIpc) is 2.76. The van der Waals surface area contributed by atoms with Crippen LogP contribution in [0.25, 0.3) is 0 Å². The van der Waals surface area contributed by atoms with E-state index in [4.69, 9.17) is 27.9 Å². The number of halogens is 2. The summed E-state index contributed by atoms with van der Waals surface area (Å²) in [5.41, 5.74) is 5.34. The van der Waals surface area contributed by atoms with Gasteiger partial charge in [0.2, 0.25) is 0 Å². The number of anilines is 1. The average molecular weight is 456 g/mol. The fourth-order valence-electron chi connectivity index (χ4n) is 2.50. The first-order valence-corrected chi connectivity index (χ1v) is 10.0. The minimum atomic E-state index is -0.883. The molecule has 0 spiro atoms. The van der Waals surface area contributed by atoms with Crippen molar-refractivity contribution in [2.24, 2.45) is 5.10 Å². The molecule has 6 nitrogen and oxygen atoms in total. The van der Waals surface area contributed by atoms with Crippen LogP contribution < -0.4 is 15.5 Å². The Morgan fingerprint density at radius 1 is 0.968 bits per heavy atom. The number of aryl methyl sites for hydroxylation is 1. The third-order valence-corrected chi connectivity index (χ3v) is 4.71. The number of carbonyl (C=O) groups is 2. The van der Waals surface area contributed by atoms with Gasteiger partial charge in [0.1, 0.15) is 12.4 Å². The third kappa shape index (κ3) is 6.84. The van der Waals surface area contributed by atoms with Crippen molar-refractivity contribution in [3.63, 3.8) is 0 Å². The zero-order valence-electron chi connectivity index (χ0n) is 16.6. The van der Waals surface area contributed by atoms with Crippen molar-refractivity contribution in [3.05, 3.63) is 93.5 Å². The second kappa shape index (κ2) is 10.6. The Morgan fingerprint density at radius 2 is 1.68 bits per heavy atom. The molecule has 0 heterocycles. The first-order chi connectivity index (χ1) is 14.9. The van der Waals surface area contributed by atoms with E-state index in [1.165, 1.54) is 6.21 Å². The molecule has 8 heteroatoms. The molecule has 0 aromatic heterocycles. The van der Waals surface area contributed by atoms with Gasteiger partial charge in [-0.2, -0.15) is 5.10 Å². The fourth-order valence-corrected chi connectivity index (χ4v) is 2.87. The van der Waals surface area contributed by atoms with E-state index in [0.29, 0.717) is 33.7 Å². The SMILES string of the molecule is Cc1ccc(NC(=O)C(=O)N/N=C\c2ccc(OCc3ccc(Cl)cc3)c(Cl)c2)cc1. The molecule has 3 aromatic carbocycles. The van der Waals surface area contributed by atoms with Crippen LogP contribution in [0.4, 0.5) is 5.69 Å². The minimum Gasteiger partial charge on any atom is -0.487 e. The summed E-state index contributed by atoms with van der Waals surface area (Å²) < 4.78 is 5.71. The fraction of sp³-hybridized carbons (Fsp3) is 0.0870. The molecule has 0 aliphatic rings. The van der Waals surface area contributed by atoms with Gasteiger partial charge < -0.3 is 10.1 Å². The molecule has 3 rings (SSSR count). The third-order valence-electron chi connectivity index (χ3n) is 4.16. The summed E-state index contributed by atoms with van der Waals surface area (Å²) >= 11 is 12.1. The smallest absolute Gasteiger partial charge is 0.329 e. The molecule has 0 saturated carbocycles. The van der Waals surface area contributed by atoms with Crippen LogP contribution in [0.1, 0.15) is 16.7 Å². The molecule has 0 radical (unpaired) electrons. The Labute approximate surface area is 189 Å². The van der Waals surface area contributed by atoms with Crippen LogP contribution in [0, 0.1) is 6.92 Å². The van der Waals surface area contributed by atoms with Crippen molar-refractivity contribution < 1.29 is 14.3 Å². The molecule has 2 amide bonds. The van der Waals surface area contributed by atoms with Gasteiger partial charge in [0.05, 0.1) is 11.2 Å². The monoisotopic (exact) mass is 455 g/mol. The molecule has 0 bridgehead atoms. The van der Waals surface area contributed by atoms with Gasteiger partial charge >= 0.3 is 11.8 Å². The van der Waals surface area contributed by atoms with Crippen molar-refractivity contribution in [2.45, 2.75) is 13.5 Å². The lowest BCUT2D eigenvalue weighted by Gasteiger charge is -2.09. The molecule has 0 unspecified atom stereocenters. The lowest BCUT2D eigenvalue weighted by Crippen LogP contribution is -2.32. The van der Waals surface area contributed by atoms with Gasteiger partial charge in [-0.05, 0) is 60.5 Å². The van der Waals surface area contributed by atoms with E-state index in [9.17, 15) is 9.59 Å². The number of nitrogens with zero attached hydrogens (tertiary/aromatic N) is 1. The summed E-state index contributed by atoms with van der Waals surface area (Å²) in [7, 11) is 0. The summed E-state index contributed by atoms with van der Waals surface area (Å²) in [6.45, 7) is 2.27. The summed E-state index contributed by atoms with van der Waals surface area (Å²) in [5.74, 6) is -1.19. The number of amides is 2. The van der Waals surface area contributed by atoms with Crippen LogP contribution in [0.5, 0.6) is 5.75 Å². The van der Waals surface area contributed by atoms with Crippen LogP contribution in [0.3, 0.4) is 0 Å². The van der Waals surface area contributed by atoms with Gasteiger partial charge in [0, 0.05) is 10.7 Å². The molecular weight excluding hydrogens is 437 g/mol. The van der Waals surface area contributed by atoms with Gasteiger partial charge in [-0.15, -0.1) is 0 Å². The molecule has 3 aromatic rings. The Kier molecular flexibility index (Phi) is 7.65. The van der Waals surface area contributed by atoms with Crippen LogP contribution in [-0.2, 0) is 16.2 Å². The van der Waals surface area contributed by atoms with E-state index in [1.54, 1.807) is 42.5 Å². The van der Waals surface area contributed by atoms with Crippen molar-refractivity contribution in [1.82, 2.24) is 5.43 Å². The van der Waals surface area contributed by atoms with Gasteiger partial charge in [-0.3, -0.25) is 9.59 Å². The number of rotatable bonds is 6. The first kappa shape index (κ1) is 22.3. The van der Waals surface area contributed by atoms with Crippen LogP contribution >= 0.6 is 23.2 Å². The Morgan fingerprint density at radius 3 is 2.35 bits per heavy atom.